The zero-order chi connectivity index (χ0) is 14.5. The van der Waals surface area contributed by atoms with Crippen LogP contribution in [0.2, 0.25) is 5.02 Å². The number of hydrogen-bond acceptors (Lipinski definition) is 2. The maximum absolute atomic E-state index is 13.8. The molecule has 20 heavy (non-hydrogen) atoms. The normalized spacial score (nSPS) is 14.3. The maximum atomic E-state index is 13.8. The van der Waals surface area contributed by atoms with Crippen LogP contribution in [-0.4, -0.2) is 29.9 Å². The quantitative estimate of drug-likeness (QED) is 0.785. The van der Waals surface area contributed by atoms with Crippen LogP contribution in [0.15, 0.2) is 30.9 Å². The summed E-state index contributed by atoms with van der Waals surface area (Å²) in [6.45, 7) is 4.61. The first-order valence-corrected chi connectivity index (χ1v) is 7.04. The second-order valence-corrected chi connectivity index (χ2v) is 5.34. The van der Waals surface area contributed by atoms with Gasteiger partial charge in [0, 0.05) is 29.7 Å². The Morgan fingerprint density at radius 3 is 2.90 bits per heavy atom. The topological polar surface area (TPSA) is 32.3 Å². The summed E-state index contributed by atoms with van der Waals surface area (Å²) < 4.78 is 13.8. The predicted molar refractivity (Wildman–Crippen MR) is 78.0 cm³/mol. The van der Waals surface area contributed by atoms with Crippen molar-refractivity contribution in [3.8, 4) is 0 Å². The van der Waals surface area contributed by atoms with E-state index in [-0.39, 0.29) is 18.3 Å². The van der Waals surface area contributed by atoms with Crippen molar-refractivity contribution in [2.45, 2.75) is 25.4 Å². The van der Waals surface area contributed by atoms with Crippen LogP contribution in [0.1, 0.15) is 18.4 Å². The molecule has 108 valence electrons. The van der Waals surface area contributed by atoms with Gasteiger partial charge in [0.1, 0.15) is 5.82 Å². The number of benzene rings is 1. The Labute approximate surface area is 123 Å². The van der Waals surface area contributed by atoms with Crippen molar-refractivity contribution in [3.63, 3.8) is 0 Å². The highest BCUT2D eigenvalue weighted by Crippen LogP contribution is 2.30. The molecule has 5 heteroatoms. The standard InChI is InChI=1S/C15H18ClFN2O/c1-2-8-18-15(20)10-19(11-6-7-11)9-12-13(16)4-3-5-14(12)17/h2-5,11H,1,6-10H2,(H,18,20). The molecular formula is C15H18ClFN2O. The Hall–Kier alpha value is -1.39. The molecule has 1 N–H and O–H groups in total. The Bertz CT molecular complexity index is 482. The molecule has 3 nitrogen and oxygen atoms in total. The summed E-state index contributed by atoms with van der Waals surface area (Å²) in [7, 11) is 0. The number of rotatable bonds is 7. The lowest BCUT2D eigenvalue weighted by molar-refractivity contribution is -0.122. The summed E-state index contributed by atoms with van der Waals surface area (Å²) in [5.41, 5.74) is 0.456. The van der Waals surface area contributed by atoms with E-state index in [2.05, 4.69) is 11.9 Å². The van der Waals surface area contributed by atoms with Crippen LogP contribution in [0.4, 0.5) is 4.39 Å². The first-order chi connectivity index (χ1) is 9.61. The largest absolute Gasteiger partial charge is 0.352 e. The maximum Gasteiger partial charge on any atom is 0.234 e. The minimum absolute atomic E-state index is 0.0794. The van der Waals surface area contributed by atoms with Crippen molar-refractivity contribution in [1.82, 2.24) is 10.2 Å². The van der Waals surface area contributed by atoms with Crippen LogP contribution < -0.4 is 5.32 Å². The minimum atomic E-state index is -0.324. The fraction of sp³-hybridized carbons (Fsp3) is 0.400. The molecule has 1 fully saturated rings. The molecule has 0 saturated heterocycles. The molecular weight excluding hydrogens is 279 g/mol. The highest BCUT2D eigenvalue weighted by Gasteiger charge is 2.31. The molecule has 0 aromatic heterocycles. The van der Waals surface area contributed by atoms with Gasteiger partial charge in [0.05, 0.1) is 6.54 Å². The molecule has 0 unspecified atom stereocenters. The molecule has 2 rings (SSSR count). The van der Waals surface area contributed by atoms with Crippen LogP contribution in [-0.2, 0) is 11.3 Å². The van der Waals surface area contributed by atoms with E-state index in [4.69, 9.17) is 11.6 Å². The van der Waals surface area contributed by atoms with Crippen molar-refractivity contribution in [1.29, 1.82) is 0 Å². The number of nitrogens with one attached hydrogen (secondary N) is 1. The third-order valence-electron chi connectivity index (χ3n) is 3.28. The van der Waals surface area contributed by atoms with E-state index < -0.39 is 0 Å². The summed E-state index contributed by atoms with van der Waals surface area (Å²) in [6.07, 6.45) is 3.72. The van der Waals surface area contributed by atoms with Crippen LogP contribution in [0.3, 0.4) is 0 Å². The van der Waals surface area contributed by atoms with Crippen LogP contribution in [0, 0.1) is 5.82 Å². The van der Waals surface area contributed by atoms with Gasteiger partial charge in [-0.15, -0.1) is 6.58 Å². The van der Waals surface area contributed by atoms with Gasteiger partial charge in [0.25, 0.3) is 0 Å². The fourth-order valence-corrected chi connectivity index (χ4v) is 2.29. The summed E-state index contributed by atoms with van der Waals surface area (Å²) >= 11 is 6.04. The third kappa shape index (κ3) is 4.05. The molecule has 1 aliphatic carbocycles. The van der Waals surface area contributed by atoms with Crippen LogP contribution in [0.5, 0.6) is 0 Å². The predicted octanol–water partition coefficient (Wildman–Crippen LogP) is 2.75. The second-order valence-electron chi connectivity index (χ2n) is 4.93. The average Bonchev–Trinajstić information content (AvgIpc) is 3.24. The highest BCUT2D eigenvalue weighted by atomic mass is 35.5. The Morgan fingerprint density at radius 1 is 1.55 bits per heavy atom. The second kappa shape index (κ2) is 6.86. The number of hydrogen-bond donors (Lipinski definition) is 1. The molecule has 0 spiro atoms. The highest BCUT2D eigenvalue weighted by molar-refractivity contribution is 6.31. The third-order valence-corrected chi connectivity index (χ3v) is 3.63. The first kappa shape index (κ1) is 15.0. The van der Waals surface area contributed by atoms with Crippen LogP contribution in [0.25, 0.3) is 0 Å². The zero-order valence-electron chi connectivity index (χ0n) is 11.2. The number of carbonyl (C=O) groups excluding carboxylic acids is 1. The zero-order valence-corrected chi connectivity index (χ0v) is 12.0. The Morgan fingerprint density at radius 2 is 2.30 bits per heavy atom. The van der Waals surface area contributed by atoms with E-state index in [0.717, 1.165) is 12.8 Å². The van der Waals surface area contributed by atoms with Crippen molar-refractivity contribution in [2.75, 3.05) is 13.1 Å². The molecule has 0 radical (unpaired) electrons. The van der Waals surface area contributed by atoms with E-state index >= 15 is 0 Å². The van der Waals surface area contributed by atoms with Gasteiger partial charge in [-0.2, -0.15) is 0 Å². The number of carbonyl (C=O) groups is 1. The van der Waals surface area contributed by atoms with Gasteiger partial charge >= 0.3 is 0 Å². The van der Waals surface area contributed by atoms with Gasteiger partial charge in [0.2, 0.25) is 5.91 Å². The summed E-state index contributed by atoms with van der Waals surface area (Å²) in [4.78, 5) is 13.8. The van der Waals surface area contributed by atoms with Gasteiger partial charge in [-0.05, 0) is 25.0 Å². The van der Waals surface area contributed by atoms with E-state index in [1.54, 1.807) is 18.2 Å². The van der Waals surface area contributed by atoms with Gasteiger partial charge in [-0.1, -0.05) is 23.7 Å². The first-order valence-electron chi connectivity index (χ1n) is 6.66. The minimum Gasteiger partial charge on any atom is -0.352 e. The molecule has 1 aliphatic rings. The van der Waals surface area contributed by atoms with E-state index in [9.17, 15) is 9.18 Å². The van der Waals surface area contributed by atoms with Gasteiger partial charge in [-0.3, -0.25) is 9.69 Å². The SMILES string of the molecule is C=CCNC(=O)CN(Cc1c(F)cccc1Cl)C1CC1. The van der Waals surface area contributed by atoms with Crippen molar-refractivity contribution in [2.24, 2.45) is 0 Å². The Kier molecular flexibility index (Phi) is 5.15. The van der Waals surface area contributed by atoms with E-state index in [1.165, 1.54) is 6.07 Å². The average molecular weight is 297 g/mol. The molecule has 0 aliphatic heterocycles. The number of amides is 1. The molecule has 1 aromatic carbocycles. The summed E-state index contributed by atoms with van der Waals surface area (Å²) in [6, 6.07) is 4.99. The lowest BCUT2D eigenvalue weighted by Gasteiger charge is -2.22. The van der Waals surface area contributed by atoms with Gasteiger partial charge < -0.3 is 5.32 Å². The lowest BCUT2D eigenvalue weighted by atomic mass is 10.2. The van der Waals surface area contributed by atoms with Crippen molar-refractivity contribution < 1.29 is 9.18 Å². The molecule has 1 saturated carbocycles. The summed E-state index contributed by atoms with van der Waals surface area (Å²) in [5.74, 6) is -0.404. The fourth-order valence-electron chi connectivity index (χ4n) is 2.07. The molecule has 1 aromatic rings. The molecule has 1 amide bonds. The Balaban J connectivity index is 2.02. The summed E-state index contributed by atoms with van der Waals surface area (Å²) in [5, 5.41) is 3.14. The number of nitrogens with zero attached hydrogens (tertiary/aromatic N) is 1. The van der Waals surface area contributed by atoms with Gasteiger partial charge in [-0.25, -0.2) is 4.39 Å². The van der Waals surface area contributed by atoms with Crippen molar-refractivity contribution in [3.05, 3.63) is 47.3 Å². The van der Waals surface area contributed by atoms with E-state index in [1.807, 2.05) is 4.90 Å². The lowest BCUT2D eigenvalue weighted by Crippen LogP contribution is -2.38. The van der Waals surface area contributed by atoms with Gasteiger partial charge in [0.15, 0.2) is 0 Å². The molecule has 0 atom stereocenters. The van der Waals surface area contributed by atoms with Crippen molar-refractivity contribution >= 4 is 17.5 Å². The monoisotopic (exact) mass is 296 g/mol. The van der Waals surface area contributed by atoms with E-state index in [0.29, 0.717) is 29.7 Å². The number of halogens is 2. The molecule has 0 bridgehead atoms. The smallest absolute Gasteiger partial charge is 0.234 e. The van der Waals surface area contributed by atoms with Crippen LogP contribution >= 0.6 is 11.6 Å². The molecule has 0 heterocycles.